The first-order valence-electron chi connectivity index (χ1n) is 10.1. The largest absolute Gasteiger partial charge is 0.354 e. The molecule has 158 valence electrons. The summed E-state index contributed by atoms with van der Waals surface area (Å²) in [5.74, 6) is 0.680. The predicted molar refractivity (Wildman–Crippen MR) is 112 cm³/mol. The molecule has 2 rings (SSSR count). The van der Waals surface area contributed by atoms with E-state index >= 15 is 0 Å². The van der Waals surface area contributed by atoms with Crippen LogP contribution in [0, 0.1) is 12.8 Å². The summed E-state index contributed by atoms with van der Waals surface area (Å²) in [7, 11) is 0. The lowest BCUT2D eigenvalue weighted by atomic mass is 9.86. The lowest BCUT2D eigenvalue weighted by Crippen LogP contribution is -2.49. The molecule has 0 aliphatic heterocycles. The van der Waals surface area contributed by atoms with Gasteiger partial charge in [0.15, 0.2) is 5.82 Å². The molecule has 1 heterocycles. The smallest absolute Gasteiger partial charge is 0.251 e. The number of nitrogens with zero attached hydrogens (tertiary/aromatic N) is 2. The standard InChI is InChI=1S/C22H32N4O3/c1-14(2)19(21(28)23-13-7-8-18-24-15(3)26-29-18)25-20(27)16-9-11-17(12-10-16)22(4,5)6/h9-12,14,19H,7-8,13H2,1-6H3,(H,23,28)(H,25,27). The number of rotatable bonds is 8. The van der Waals surface area contributed by atoms with Crippen LogP contribution in [0.4, 0.5) is 0 Å². The zero-order chi connectivity index (χ0) is 21.6. The molecule has 7 nitrogen and oxygen atoms in total. The molecule has 0 fully saturated rings. The topological polar surface area (TPSA) is 97.1 Å². The molecule has 7 heteroatoms. The van der Waals surface area contributed by atoms with Gasteiger partial charge in [-0.2, -0.15) is 4.98 Å². The van der Waals surface area contributed by atoms with E-state index in [4.69, 9.17) is 4.52 Å². The Hall–Kier alpha value is -2.70. The summed E-state index contributed by atoms with van der Waals surface area (Å²) in [6, 6.07) is 6.92. The van der Waals surface area contributed by atoms with Crippen LogP contribution in [-0.2, 0) is 16.6 Å². The van der Waals surface area contributed by atoms with Gasteiger partial charge in [0.05, 0.1) is 0 Å². The highest BCUT2D eigenvalue weighted by Gasteiger charge is 2.24. The highest BCUT2D eigenvalue weighted by atomic mass is 16.5. The average molecular weight is 401 g/mol. The van der Waals surface area contributed by atoms with Crippen molar-refractivity contribution in [2.24, 2.45) is 5.92 Å². The minimum absolute atomic E-state index is 0.0231. The van der Waals surface area contributed by atoms with Crippen molar-refractivity contribution in [3.8, 4) is 0 Å². The van der Waals surface area contributed by atoms with E-state index in [-0.39, 0.29) is 23.1 Å². The van der Waals surface area contributed by atoms with Gasteiger partial charge in [-0.15, -0.1) is 0 Å². The normalized spacial score (nSPS) is 12.7. The SMILES string of the molecule is Cc1noc(CCCNC(=O)C(NC(=O)c2ccc(C(C)(C)C)cc2)C(C)C)n1. The molecule has 1 atom stereocenters. The third-order valence-corrected chi connectivity index (χ3v) is 4.69. The van der Waals surface area contributed by atoms with E-state index in [9.17, 15) is 9.59 Å². The van der Waals surface area contributed by atoms with Gasteiger partial charge in [-0.1, -0.05) is 51.9 Å². The van der Waals surface area contributed by atoms with E-state index in [0.717, 1.165) is 5.56 Å². The third kappa shape index (κ3) is 6.69. The van der Waals surface area contributed by atoms with E-state index in [1.54, 1.807) is 19.1 Å². The molecule has 2 amide bonds. The van der Waals surface area contributed by atoms with E-state index < -0.39 is 6.04 Å². The fourth-order valence-electron chi connectivity index (χ4n) is 2.88. The van der Waals surface area contributed by atoms with Crippen LogP contribution in [0.5, 0.6) is 0 Å². The molecule has 0 aliphatic rings. The highest BCUT2D eigenvalue weighted by molar-refractivity contribution is 5.97. The van der Waals surface area contributed by atoms with E-state index in [1.165, 1.54) is 0 Å². The van der Waals surface area contributed by atoms with Crippen molar-refractivity contribution < 1.29 is 14.1 Å². The van der Waals surface area contributed by atoms with Crippen LogP contribution in [0.1, 0.15) is 68.7 Å². The summed E-state index contributed by atoms with van der Waals surface area (Å²) < 4.78 is 5.06. The Labute approximate surface area is 172 Å². The van der Waals surface area contributed by atoms with Crippen molar-refractivity contribution in [2.75, 3.05) is 6.54 Å². The second kappa shape index (κ2) is 9.67. The van der Waals surface area contributed by atoms with Crippen molar-refractivity contribution in [1.82, 2.24) is 20.8 Å². The van der Waals surface area contributed by atoms with E-state index in [1.807, 2.05) is 26.0 Å². The fraction of sp³-hybridized carbons (Fsp3) is 0.545. The molecular weight excluding hydrogens is 368 g/mol. The van der Waals surface area contributed by atoms with Gasteiger partial charge < -0.3 is 15.2 Å². The molecule has 0 saturated heterocycles. The highest BCUT2D eigenvalue weighted by Crippen LogP contribution is 2.22. The molecule has 2 aromatic rings. The Morgan fingerprint density at radius 1 is 1.14 bits per heavy atom. The Morgan fingerprint density at radius 2 is 1.79 bits per heavy atom. The van der Waals surface area contributed by atoms with Crippen molar-refractivity contribution in [3.05, 3.63) is 47.1 Å². The van der Waals surface area contributed by atoms with Crippen LogP contribution in [0.15, 0.2) is 28.8 Å². The summed E-state index contributed by atoms with van der Waals surface area (Å²) in [6.07, 6.45) is 1.28. The summed E-state index contributed by atoms with van der Waals surface area (Å²) in [4.78, 5) is 29.3. The summed E-state index contributed by atoms with van der Waals surface area (Å²) in [5, 5.41) is 9.49. The Bertz CT molecular complexity index is 819. The van der Waals surface area contributed by atoms with Gasteiger partial charge in [0, 0.05) is 18.5 Å². The lowest BCUT2D eigenvalue weighted by Gasteiger charge is -2.22. The molecule has 0 bridgehead atoms. The second-order valence-corrected chi connectivity index (χ2v) is 8.65. The summed E-state index contributed by atoms with van der Waals surface area (Å²) in [6.45, 7) is 12.4. The lowest BCUT2D eigenvalue weighted by molar-refractivity contribution is -0.123. The average Bonchev–Trinajstić information content (AvgIpc) is 3.07. The van der Waals surface area contributed by atoms with Crippen molar-refractivity contribution in [3.63, 3.8) is 0 Å². The van der Waals surface area contributed by atoms with Gasteiger partial charge in [0.25, 0.3) is 5.91 Å². The van der Waals surface area contributed by atoms with Crippen LogP contribution in [0.3, 0.4) is 0 Å². The first-order valence-corrected chi connectivity index (χ1v) is 10.1. The molecule has 0 radical (unpaired) electrons. The van der Waals surface area contributed by atoms with Crippen molar-refractivity contribution in [2.45, 2.75) is 65.8 Å². The van der Waals surface area contributed by atoms with Crippen LogP contribution < -0.4 is 10.6 Å². The molecule has 1 unspecified atom stereocenters. The summed E-state index contributed by atoms with van der Waals surface area (Å²) in [5.41, 5.74) is 1.72. The zero-order valence-electron chi connectivity index (χ0n) is 18.2. The van der Waals surface area contributed by atoms with Crippen molar-refractivity contribution in [1.29, 1.82) is 0 Å². The van der Waals surface area contributed by atoms with Gasteiger partial charge in [-0.05, 0) is 42.4 Å². The number of hydrogen-bond donors (Lipinski definition) is 2. The Morgan fingerprint density at radius 3 is 2.31 bits per heavy atom. The predicted octanol–water partition coefficient (Wildman–Crippen LogP) is 3.18. The van der Waals surface area contributed by atoms with Gasteiger partial charge in [0.1, 0.15) is 6.04 Å². The van der Waals surface area contributed by atoms with Crippen LogP contribution >= 0.6 is 0 Å². The molecule has 1 aromatic carbocycles. The maximum Gasteiger partial charge on any atom is 0.251 e. The number of aromatic nitrogens is 2. The first kappa shape index (κ1) is 22.6. The van der Waals surface area contributed by atoms with Gasteiger partial charge in [0.2, 0.25) is 11.8 Å². The monoisotopic (exact) mass is 400 g/mol. The number of amides is 2. The number of carbonyl (C=O) groups excluding carboxylic acids is 2. The van der Waals surface area contributed by atoms with Crippen LogP contribution in [0.2, 0.25) is 0 Å². The third-order valence-electron chi connectivity index (χ3n) is 4.69. The number of hydrogen-bond acceptors (Lipinski definition) is 5. The minimum atomic E-state index is -0.601. The van der Waals surface area contributed by atoms with E-state index in [2.05, 4.69) is 41.5 Å². The van der Waals surface area contributed by atoms with Gasteiger partial charge >= 0.3 is 0 Å². The number of carbonyl (C=O) groups is 2. The molecule has 0 spiro atoms. The van der Waals surface area contributed by atoms with Crippen molar-refractivity contribution >= 4 is 11.8 Å². The maximum atomic E-state index is 12.6. The minimum Gasteiger partial charge on any atom is -0.354 e. The Balaban J connectivity index is 1.89. The first-order chi connectivity index (χ1) is 13.6. The number of benzene rings is 1. The van der Waals surface area contributed by atoms with Crippen LogP contribution in [0.25, 0.3) is 0 Å². The quantitative estimate of drug-likeness (QED) is 0.663. The molecule has 2 N–H and O–H groups in total. The summed E-state index contributed by atoms with van der Waals surface area (Å²) >= 11 is 0. The van der Waals surface area contributed by atoms with Gasteiger partial charge in [-0.25, -0.2) is 0 Å². The molecule has 1 aromatic heterocycles. The Kier molecular flexibility index (Phi) is 7.53. The van der Waals surface area contributed by atoms with Crippen LogP contribution in [-0.4, -0.2) is 34.5 Å². The molecule has 0 aliphatic carbocycles. The zero-order valence-corrected chi connectivity index (χ0v) is 18.2. The number of aryl methyl sites for hydroxylation is 2. The second-order valence-electron chi connectivity index (χ2n) is 8.65. The number of nitrogens with one attached hydrogen (secondary N) is 2. The molecular formula is C22H32N4O3. The van der Waals surface area contributed by atoms with E-state index in [0.29, 0.717) is 36.7 Å². The molecule has 29 heavy (non-hydrogen) atoms. The maximum absolute atomic E-state index is 12.6. The van der Waals surface area contributed by atoms with Gasteiger partial charge in [-0.3, -0.25) is 9.59 Å². The fourth-order valence-corrected chi connectivity index (χ4v) is 2.88. The molecule has 0 saturated carbocycles.